The molecule has 0 radical (unpaired) electrons. The summed E-state index contributed by atoms with van der Waals surface area (Å²) in [5.74, 6) is 0.474. The van der Waals surface area contributed by atoms with Crippen LogP contribution in [0.5, 0.6) is 0 Å². The molecule has 0 aromatic heterocycles. The molecule has 0 fully saturated rings. The van der Waals surface area contributed by atoms with Crippen LogP contribution >= 0.6 is 0 Å². The largest absolute Gasteiger partial charge is 0.377 e. The molecule has 0 aliphatic carbocycles. The third-order valence-corrected chi connectivity index (χ3v) is 5.58. The Balaban J connectivity index is 2.12. The van der Waals surface area contributed by atoms with Crippen LogP contribution in [-0.4, -0.2) is 51.2 Å². The molecule has 8 unspecified atom stereocenters. The van der Waals surface area contributed by atoms with Crippen LogP contribution < -0.4 is 0 Å². The SMILES string of the molecule is C=CC(CC1OC(OC2OC(C(C=C)OC)C(C)C=C2C)C(C)=CC1C)OC. The molecule has 8 atom stereocenters. The number of hydrogen-bond acceptors (Lipinski definition) is 5. The average Bonchev–Trinajstić information content (AvgIpc) is 2.67. The van der Waals surface area contributed by atoms with Gasteiger partial charge >= 0.3 is 0 Å². The number of ether oxygens (including phenoxy) is 5. The molecule has 28 heavy (non-hydrogen) atoms. The molecule has 0 aromatic carbocycles. The molecule has 158 valence electrons. The molecule has 5 heteroatoms. The van der Waals surface area contributed by atoms with Crippen molar-refractivity contribution in [2.45, 2.75) is 71.1 Å². The predicted octanol–water partition coefficient (Wildman–Crippen LogP) is 4.41. The van der Waals surface area contributed by atoms with Gasteiger partial charge in [0.05, 0.1) is 18.3 Å². The summed E-state index contributed by atoms with van der Waals surface area (Å²) >= 11 is 0. The summed E-state index contributed by atoms with van der Waals surface area (Å²) < 4.78 is 29.8. The minimum atomic E-state index is -0.487. The van der Waals surface area contributed by atoms with Gasteiger partial charge in [-0.2, -0.15) is 0 Å². The molecule has 0 bridgehead atoms. The van der Waals surface area contributed by atoms with E-state index < -0.39 is 12.6 Å². The highest BCUT2D eigenvalue weighted by Gasteiger charge is 2.37. The number of methoxy groups -OCH3 is 2. The lowest BCUT2D eigenvalue weighted by atomic mass is 9.93. The highest BCUT2D eigenvalue weighted by Crippen LogP contribution is 2.33. The zero-order valence-corrected chi connectivity index (χ0v) is 18.1. The first-order chi connectivity index (χ1) is 13.3. The molecule has 0 saturated heterocycles. The monoisotopic (exact) mass is 392 g/mol. The van der Waals surface area contributed by atoms with Gasteiger partial charge in [-0.1, -0.05) is 38.2 Å². The van der Waals surface area contributed by atoms with Crippen molar-refractivity contribution < 1.29 is 23.7 Å². The van der Waals surface area contributed by atoms with Gasteiger partial charge in [0.2, 0.25) is 0 Å². The molecular weight excluding hydrogens is 356 g/mol. The van der Waals surface area contributed by atoms with E-state index in [0.29, 0.717) is 0 Å². The van der Waals surface area contributed by atoms with Crippen LogP contribution in [0.3, 0.4) is 0 Å². The summed E-state index contributed by atoms with van der Waals surface area (Å²) in [4.78, 5) is 0. The second kappa shape index (κ2) is 10.5. The fourth-order valence-electron chi connectivity index (χ4n) is 3.87. The Bertz CT molecular complexity index is 596. The summed E-state index contributed by atoms with van der Waals surface area (Å²) in [7, 11) is 3.35. The topological polar surface area (TPSA) is 46.2 Å². The first kappa shape index (κ1) is 23.0. The fourth-order valence-corrected chi connectivity index (χ4v) is 3.87. The van der Waals surface area contributed by atoms with Crippen molar-refractivity contribution >= 4 is 0 Å². The van der Waals surface area contributed by atoms with E-state index in [0.717, 1.165) is 17.6 Å². The van der Waals surface area contributed by atoms with E-state index in [1.807, 2.05) is 13.8 Å². The predicted molar refractivity (Wildman–Crippen MR) is 111 cm³/mol. The summed E-state index contributed by atoms with van der Waals surface area (Å²) in [6, 6.07) is 0. The van der Waals surface area contributed by atoms with Crippen LogP contribution in [0.4, 0.5) is 0 Å². The van der Waals surface area contributed by atoms with E-state index in [2.05, 4.69) is 39.2 Å². The van der Waals surface area contributed by atoms with Crippen LogP contribution in [-0.2, 0) is 23.7 Å². The van der Waals surface area contributed by atoms with E-state index in [-0.39, 0.29) is 36.3 Å². The van der Waals surface area contributed by atoms with Crippen LogP contribution in [0, 0.1) is 11.8 Å². The quantitative estimate of drug-likeness (QED) is 0.544. The lowest BCUT2D eigenvalue weighted by Gasteiger charge is -2.40. The van der Waals surface area contributed by atoms with Crippen LogP contribution in [0.1, 0.15) is 34.1 Å². The molecule has 0 saturated carbocycles. The van der Waals surface area contributed by atoms with Gasteiger partial charge in [-0.25, -0.2) is 0 Å². The second-order valence-corrected chi connectivity index (χ2v) is 7.80. The highest BCUT2D eigenvalue weighted by atomic mass is 16.8. The minimum Gasteiger partial charge on any atom is -0.377 e. The maximum atomic E-state index is 6.29. The number of hydrogen-bond donors (Lipinski definition) is 0. The van der Waals surface area contributed by atoms with Gasteiger partial charge in [0, 0.05) is 32.5 Å². The molecule has 2 aliphatic rings. The minimum absolute atomic E-state index is 0.0147. The Morgan fingerprint density at radius 2 is 1.57 bits per heavy atom. The Morgan fingerprint density at radius 1 is 0.964 bits per heavy atom. The molecule has 5 nitrogen and oxygen atoms in total. The normalized spacial score (nSPS) is 35.5. The standard InChI is InChI=1S/C23H36O5/c1-9-18(24-7)13-20-14(3)11-16(5)22(26-20)28-23-17(6)12-15(4)21(27-23)19(10-2)25-8/h9-12,14-15,18-23H,1-2,13H2,3-8H3. The van der Waals surface area contributed by atoms with E-state index in [9.17, 15) is 0 Å². The summed E-state index contributed by atoms with van der Waals surface area (Å²) in [6.45, 7) is 16.0. The molecule has 2 heterocycles. The highest BCUT2D eigenvalue weighted by molar-refractivity contribution is 5.14. The van der Waals surface area contributed by atoms with E-state index in [1.54, 1.807) is 26.4 Å². The van der Waals surface area contributed by atoms with Crippen molar-refractivity contribution in [3.63, 3.8) is 0 Å². The molecule has 0 amide bonds. The Kier molecular flexibility index (Phi) is 8.65. The maximum Gasteiger partial charge on any atom is 0.183 e. The van der Waals surface area contributed by atoms with Crippen molar-refractivity contribution in [3.05, 3.63) is 48.6 Å². The summed E-state index contributed by atoms with van der Waals surface area (Å²) in [5, 5.41) is 0. The Hall–Kier alpha value is -1.24. The summed E-state index contributed by atoms with van der Waals surface area (Å²) in [6.07, 6.45) is 7.32. The van der Waals surface area contributed by atoms with Crippen molar-refractivity contribution in [3.8, 4) is 0 Å². The molecule has 0 spiro atoms. The van der Waals surface area contributed by atoms with Crippen molar-refractivity contribution in [1.82, 2.24) is 0 Å². The third-order valence-electron chi connectivity index (χ3n) is 5.58. The lowest BCUT2D eigenvalue weighted by molar-refractivity contribution is -0.265. The zero-order valence-electron chi connectivity index (χ0n) is 18.1. The average molecular weight is 393 g/mol. The first-order valence-electron chi connectivity index (χ1n) is 9.98. The van der Waals surface area contributed by atoms with Gasteiger partial charge in [-0.05, 0) is 25.0 Å². The van der Waals surface area contributed by atoms with Crippen LogP contribution in [0.15, 0.2) is 48.6 Å². The summed E-state index contributed by atoms with van der Waals surface area (Å²) in [5.41, 5.74) is 2.09. The van der Waals surface area contributed by atoms with Gasteiger partial charge in [-0.3, -0.25) is 0 Å². The lowest BCUT2D eigenvalue weighted by Crippen LogP contribution is -2.45. The fraction of sp³-hybridized carbons (Fsp3) is 0.652. The molecular formula is C23H36O5. The van der Waals surface area contributed by atoms with E-state index in [4.69, 9.17) is 23.7 Å². The molecule has 0 aromatic rings. The van der Waals surface area contributed by atoms with Crippen LogP contribution in [0.2, 0.25) is 0 Å². The van der Waals surface area contributed by atoms with E-state index in [1.165, 1.54) is 0 Å². The van der Waals surface area contributed by atoms with Gasteiger partial charge in [0.25, 0.3) is 0 Å². The van der Waals surface area contributed by atoms with Gasteiger partial charge in [0.15, 0.2) is 12.6 Å². The zero-order chi connectivity index (χ0) is 20.8. The molecule has 0 N–H and O–H groups in total. The van der Waals surface area contributed by atoms with Crippen molar-refractivity contribution in [1.29, 1.82) is 0 Å². The van der Waals surface area contributed by atoms with Crippen LogP contribution in [0.25, 0.3) is 0 Å². The van der Waals surface area contributed by atoms with Gasteiger partial charge < -0.3 is 23.7 Å². The molecule has 2 rings (SSSR count). The number of rotatable bonds is 9. The first-order valence-corrected chi connectivity index (χ1v) is 9.98. The Labute approximate surface area is 170 Å². The maximum absolute atomic E-state index is 6.29. The molecule has 2 aliphatic heterocycles. The van der Waals surface area contributed by atoms with Gasteiger partial charge in [0.1, 0.15) is 6.10 Å². The third kappa shape index (κ3) is 5.43. The van der Waals surface area contributed by atoms with E-state index >= 15 is 0 Å². The van der Waals surface area contributed by atoms with Crippen molar-refractivity contribution in [2.24, 2.45) is 11.8 Å². The van der Waals surface area contributed by atoms with Crippen molar-refractivity contribution in [2.75, 3.05) is 14.2 Å². The second-order valence-electron chi connectivity index (χ2n) is 7.80. The van der Waals surface area contributed by atoms with Gasteiger partial charge in [-0.15, -0.1) is 13.2 Å². The Morgan fingerprint density at radius 3 is 2.11 bits per heavy atom. The smallest absolute Gasteiger partial charge is 0.183 e.